The van der Waals surface area contributed by atoms with Crippen LogP contribution in [-0.4, -0.2) is 18.7 Å². The lowest BCUT2D eigenvalue weighted by atomic mass is 10.1. The van der Waals surface area contributed by atoms with Crippen LogP contribution in [0.5, 0.6) is 5.75 Å². The number of benzene rings is 1. The van der Waals surface area contributed by atoms with Crippen LogP contribution < -0.4 is 4.74 Å². The molecule has 4 heteroatoms. The first kappa shape index (κ1) is 10.3. The lowest BCUT2D eigenvalue weighted by molar-refractivity contribution is -0.150. The highest BCUT2D eigenvalue weighted by Gasteiger charge is 2.31. The van der Waals surface area contributed by atoms with E-state index >= 15 is 0 Å². The van der Waals surface area contributed by atoms with Gasteiger partial charge >= 0.3 is 5.97 Å². The second-order valence-corrected chi connectivity index (χ2v) is 3.70. The third kappa shape index (κ3) is 1.92. The van der Waals surface area contributed by atoms with Crippen molar-refractivity contribution in [1.29, 1.82) is 0 Å². The Balaban J connectivity index is 2.15. The van der Waals surface area contributed by atoms with Crippen LogP contribution in [0, 0.1) is 0 Å². The van der Waals surface area contributed by atoms with E-state index in [9.17, 15) is 4.79 Å². The molecular formula is C11H11ClO3. The SMILES string of the molecule is CCOC(=O)C1Cc2cccc(Cl)c2O1. The summed E-state index contributed by atoms with van der Waals surface area (Å²) in [5.74, 6) is 0.280. The van der Waals surface area contributed by atoms with Crippen LogP contribution in [0.15, 0.2) is 18.2 Å². The predicted molar refractivity (Wildman–Crippen MR) is 56.2 cm³/mol. The smallest absolute Gasteiger partial charge is 0.347 e. The summed E-state index contributed by atoms with van der Waals surface area (Å²) in [5.41, 5.74) is 0.959. The topological polar surface area (TPSA) is 35.5 Å². The summed E-state index contributed by atoms with van der Waals surface area (Å²) in [6, 6.07) is 5.49. The molecule has 0 N–H and O–H groups in total. The number of halogens is 1. The minimum Gasteiger partial charge on any atom is -0.477 e. The van der Waals surface area contributed by atoms with Crippen molar-refractivity contribution in [3.63, 3.8) is 0 Å². The number of ether oxygens (including phenoxy) is 2. The van der Waals surface area contributed by atoms with Gasteiger partial charge in [0.25, 0.3) is 0 Å². The molecule has 0 fully saturated rings. The number of rotatable bonds is 2. The second-order valence-electron chi connectivity index (χ2n) is 3.29. The second kappa shape index (κ2) is 4.11. The van der Waals surface area contributed by atoms with Crippen LogP contribution >= 0.6 is 11.6 Å². The van der Waals surface area contributed by atoms with Crippen molar-refractivity contribution in [3.05, 3.63) is 28.8 Å². The van der Waals surface area contributed by atoms with Crippen LogP contribution in [0.2, 0.25) is 5.02 Å². The van der Waals surface area contributed by atoms with Gasteiger partial charge in [-0.05, 0) is 13.0 Å². The zero-order chi connectivity index (χ0) is 10.8. The van der Waals surface area contributed by atoms with Gasteiger partial charge in [-0.1, -0.05) is 23.7 Å². The number of hydrogen-bond acceptors (Lipinski definition) is 3. The molecule has 80 valence electrons. The maximum Gasteiger partial charge on any atom is 0.347 e. The van der Waals surface area contributed by atoms with Crippen molar-refractivity contribution < 1.29 is 14.3 Å². The molecule has 15 heavy (non-hydrogen) atoms. The van der Waals surface area contributed by atoms with Crippen molar-refractivity contribution in [2.45, 2.75) is 19.4 Å². The average Bonchev–Trinajstić information content (AvgIpc) is 2.63. The molecule has 0 aliphatic carbocycles. The molecule has 1 aromatic rings. The van der Waals surface area contributed by atoms with Crippen LogP contribution in [0.25, 0.3) is 0 Å². The van der Waals surface area contributed by atoms with Gasteiger partial charge in [0.2, 0.25) is 0 Å². The number of esters is 1. The fourth-order valence-corrected chi connectivity index (χ4v) is 1.84. The van der Waals surface area contributed by atoms with E-state index in [1.165, 1.54) is 0 Å². The highest BCUT2D eigenvalue weighted by Crippen LogP contribution is 2.35. The molecular weight excluding hydrogens is 216 g/mol. The first-order chi connectivity index (χ1) is 7.22. The molecule has 1 aliphatic heterocycles. The van der Waals surface area contributed by atoms with Crippen LogP contribution in [0.4, 0.5) is 0 Å². The van der Waals surface area contributed by atoms with Gasteiger partial charge in [-0.15, -0.1) is 0 Å². The van der Waals surface area contributed by atoms with Crippen LogP contribution in [-0.2, 0) is 16.0 Å². The van der Waals surface area contributed by atoms with Crippen LogP contribution in [0.1, 0.15) is 12.5 Å². The van der Waals surface area contributed by atoms with Gasteiger partial charge in [0, 0.05) is 12.0 Å². The summed E-state index contributed by atoms with van der Waals surface area (Å²) in [6.07, 6.45) is -0.00537. The minimum absolute atomic E-state index is 0.329. The highest BCUT2D eigenvalue weighted by atomic mass is 35.5. The zero-order valence-corrected chi connectivity index (χ0v) is 9.08. The first-order valence-electron chi connectivity index (χ1n) is 4.83. The van der Waals surface area contributed by atoms with Crippen molar-refractivity contribution >= 4 is 17.6 Å². The Hall–Kier alpha value is -1.22. The summed E-state index contributed by atoms with van der Waals surface area (Å²) in [4.78, 5) is 11.4. The Labute approximate surface area is 92.9 Å². The van der Waals surface area contributed by atoms with Gasteiger partial charge in [0.05, 0.1) is 11.6 Å². The number of fused-ring (bicyclic) bond motifs is 1. The Morgan fingerprint density at radius 2 is 2.47 bits per heavy atom. The van der Waals surface area contributed by atoms with E-state index in [1.807, 2.05) is 12.1 Å². The van der Waals surface area contributed by atoms with Gasteiger partial charge in [-0.3, -0.25) is 0 Å². The van der Waals surface area contributed by atoms with E-state index in [0.717, 1.165) is 5.56 Å². The molecule has 1 aliphatic rings. The molecule has 0 saturated carbocycles. The molecule has 0 bridgehead atoms. The molecule has 0 radical (unpaired) electrons. The molecule has 0 saturated heterocycles. The lowest BCUT2D eigenvalue weighted by Crippen LogP contribution is -2.27. The molecule has 0 amide bonds. The van der Waals surface area contributed by atoms with Crippen LogP contribution in [0.3, 0.4) is 0 Å². The zero-order valence-electron chi connectivity index (χ0n) is 8.33. The fourth-order valence-electron chi connectivity index (χ4n) is 1.60. The third-order valence-corrected chi connectivity index (χ3v) is 2.56. The Morgan fingerprint density at radius 3 is 3.13 bits per heavy atom. The largest absolute Gasteiger partial charge is 0.477 e. The highest BCUT2D eigenvalue weighted by molar-refractivity contribution is 6.32. The van der Waals surface area contributed by atoms with Gasteiger partial charge in [0.1, 0.15) is 5.75 Å². The van der Waals surface area contributed by atoms with E-state index in [2.05, 4.69) is 0 Å². The Morgan fingerprint density at radius 1 is 1.67 bits per heavy atom. The van der Waals surface area contributed by atoms with E-state index in [4.69, 9.17) is 21.1 Å². The van der Waals surface area contributed by atoms with Crippen molar-refractivity contribution in [3.8, 4) is 5.75 Å². The Bertz CT molecular complexity index is 389. The number of para-hydroxylation sites is 1. The predicted octanol–water partition coefficient (Wildman–Crippen LogP) is 2.21. The van der Waals surface area contributed by atoms with Gasteiger partial charge < -0.3 is 9.47 Å². The van der Waals surface area contributed by atoms with E-state index in [-0.39, 0.29) is 5.97 Å². The third-order valence-electron chi connectivity index (χ3n) is 2.26. The molecule has 0 aromatic heterocycles. The number of carbonyl (C=O) groups excluding carboxylic acids is 1. The summed E-state index contributed by atoms with van der Waals surface area (Å²) in [7, 11) is 0. The maximum atomic E-state index is 11.4. The van der Waals surface area contributed by atoms with E-state index < -0.39 is 6.10 Å². The van der Waals surface area contributed by atoms with Gasteiger partial charge in [-0.2, -0.15) is 0 Å². The number of hydrogen-bond donors (Lipinski definition) is 0. The molecule has 1 heterocycles. The normalized spacial score (nSPS) is 18.1. The summed E-state index contributed by atoms with van der Waals surface area (Å²) in [5, 5.41) is 0.541. The monoisotopic (exact) mass is 226 g/mol. The molecule has 2 rings (SSSR count). The van der Waals surface area contributed by atoms with Crippen molar-refractivity contribution in [2.75, 3.05) is 6.61 Å². The lowest BCUT2D eigenvalue weighted by Gasteiger charge is -2.09. The Kier molecular flexibility index (Phi) is 2.82. The van der Waals surface area contributed by atoms with Gasteiger partial charge in [0.15, 0.2) is 6.10 Å². The molecule has 1 atom stereocenters. The van der Waals surface area contributed by atoms with E-state index in [1.54, 1.807) is 13.0 Å². The minimum atomic E-state index is -0.542. The van der Waals surface area contributed by atoms with Crippen molar-refractivity contribution in [1.82, 2.24) is 0 Å². The molecule has 1 unspecified atom stereocenters. The quantitative estimate of drug-likeness (QED) is 0.726. The standard InChI is InChI=1S/C11H11ClO3/c1-2-14-11(13)9-6-7-4-3-5-8(12)10(7)15-9/h3-5,9H,2,6H2,1H3. The first-order valence-corrected chi connectivity index (χ1v) is 5.21. The molecule has 1 aromatic carbocycles. The number of carbonyl (C=O) groups is 1. The molecule has 0 spiro atoms. The fraction of sp³-hybridized carbons (Fsp3) is 0.364. The van der Waals surface area contributed by atoms with Gasteiger partial charge in [-0.25, -0.2) is 4.79 Å². The van der Waals surface area contributed by atoms with E-state index in [0.29, 0.717) is 23.8 Å². The average molecular weight is 227 g/mol. The maximum absolute atomic E-state index is 11.4. The summed E-state index contributed by atoms with van der Waals surface area (Å²) < 4.78 is 10.3. The molecule has 3 nitrogen and oxygen atoms in total. The summed E-state index contributed by atoms with van der Waals surface area (Å²) in [6.45, 7) is 2.13. The summed E-state index contributed by atoms with van der Waals surface area (Å²) >= 11 is 5.94. The van der Waals surface area contributed by atoms with Crippen molar-refractivity contribution in [2.24, 2.45) is 0 Å².